The van der Waals surface area contributed by atoms with E-state index >= 15 is 0 Å². The van der Waals surface area contributed by atoms with Crippen molar-refractivity contribution in [3.8, 4) is 0 Å². The van der Waals surface area contributed by atoms with E-state index in [4.69, 9.17) is 0 Å². The van der Waals surface area contributed by atoms with Crippen molar-refractivity contribution in [2.45, 2.75) is 38.1 Å². The second-order valence-corrected chi connectivity index (χ2v) is 6.28. The molecule has 1 aromatic heterocycles. The summed E-state index contributed by atoms with van der Waals surface area (Å²) in [6, 6.07) is 3.73. The van der Waals surface area contributed by atoms with Crippen LogP contribution < -0.4 is 5.32 Å². The fourth-order valence-corrected chi connectivity index (χ4v) is 3.22. The third-order valence-corrected chi connectivity index (χ3v) is 4.76. The molecule has 2 heterocycles. The van der Waals surface area contributed by atoms with Gasteiger partial charge in [-0.05, 0) is 44.1 Å². The molecule has 0 saturated carbocycles. The minimum atomic E-state index is -1.08. The fourth-order valence-electron chi connectivity index (χ4n) is 2.51. The van der Waals surface area contributed by atoms with Crippen LogP contribution in [-0.2, 0) is 11.2 Å². The average molecular weight is 296 g/mol. The Morgan fingerprint density at radius 2 is 2.30 bits per heavy atom. The van der Waals surface area contributed by atoms with Gasteiger partial charge in [-0.3, -0.25) is 0 Å². The van der Waals surface area contributed by atoms with Crippen molar-refractivity contribution in [2.24, 2.45) is 0 Å². The Morgan fingerprint density at radius 3 is 2.95 bits per heavy atom. The number of carbonyl (C=O) groups is 2. The van der Waals surface area contributed by atoms with Gasteiger partial charge in [0.15, 0.2) is 0 Å². The zero-order valence-electron chi connectivity index (χ0n) is 11.6. The molecule has 1 aromatic rings. The molecule has 5 nitrogen and oxygen atoms in total. The predicted molar refractivity (Wildman–Crippen MR) is 78.0 cm³/mol. The largest absolute Gasteiger partial charge is 0.480 e. The van der Waals surface area contributed by atoms with Gasteiger partial charge in [0.2, 0.25) is 0 Å². The Kier molecular flexibility index (Phi) is 4.65. The van der Waals surface area contributed by atoms with E-state index in [-0.39, 0.29) is 6.03 Å². The summed E-state index contributed by atoms with van der Waals surface area (Å²) >= 11 is 1.66. The van der Waals surface area contributed by atoms with Crippen molar-refractivity contribution in [3.63, 3.8) is 0 Å². The summed E-state index contributed by atoms with van der Waals surface area (Å²) in [5, 5.41) is 14.2. The van der Waals surface area contributed by atoms with Gasteiger partial charge in [-0.15, -0.1) is 11.3 Å². The summed E-state index contributed by atoms with van der Waals surface area (Å²) in [5.41, 5.74) is -1.08. The first-order valence-corrected chi connectivity index (χ1v) is 7.73. The van der Waals surface area contributed by atoms with Gasteiger partial charge >= 0.3 is 12.0 Å². The topological polar surface area (TPSA) is 69.6 Å². The first kappa shape index (κ1) is 14.8. The SMILES string of the molecule is CC1(C(=O)O)CCCCN1C(=O)NCCc1cccs1. The number of thiophene rings is 1. The summed E-state index contributed by atoms with van der Waals surface area (Å²) in [7, 11) is 0. The summed E-state index contributed by atoms with van der Waals surface area (Å²) in [6.45, 7) is 2.67. The Balaban J connectivity index is 1.91. The maximum absolute atomic E-state index is 12.2. The lowest BCUT2D eigenvalue weighted by Crippen LogP contribution is -2.60. The minimum Gasteiger partial charge on any atom is -0.480 e. The van der Waals surface area contributed by atoms with Crippen molar-refractivity contribution >= 4 is 23.3 Å². The van der Waals surface area contributed by atoms with E-state index in [2.05, 4.69) is 5.32 Å². The summed E-state index contributed by atoms with van der Waals surface area (Å²) in [6.07, 6.45) is 3.00. The highest BCUT2D eigenvalue weighted by atomic mass is 32.1. The third kappa shape index (κ3) is 3.12. The Labute approximate surface area is 122 Å². The van der Waals surface area contributed by atoms with Crippen LogP contribution in [0.1, 0.15) is 31.1 Å². The smallest absolute Gasteiger partial charge is 0.329 e. The molecular formula is C14H20N2O3S. The molecule has 1 saturated heterocycles. The van der Waals surface area contributed by atoms with Crippen LogP contribution in [0.4, 0.5) is 4.79 Å². The molecule has 0 bridgehead atoms. The molecule has 1 aliphatic heterocycles. The molecule has 1 fully saturated rings. The van der Waals surface area contributed by atoms with Crippen LogP contribution in [0.3, 0.4) is 0 Å². The zero-order chi connectivity index (χ0) is 14.6. The van der Waals surface area contributed by atoms with E-state index in [9.17, 15) is 14.7 Å². The van der Waals surface area contributed by atoms with Crippen LogP contribution in [-0.4, -0.2) is 40.6 Å². The van der Waals surface area contributed by atoms with Crippen LogP contribution in [0, 0.1) is 0 Å². The molecule has 1 unspecified atom stereocenters. The van der Waals surface area contributed by atoms with Crippen LogP contribution in [0.5, 0.6) is 0 Å². The van der Waals surface area contributed by atoms with E-state index in [0.29, 0.717) is 19.5 Å². The Hall–Kier alpha value is -1.56. The number of carboxylic acid groups (broad SMARTS) is 1. The summed E-state index contributed by atoms with van der Waals surface area (Å²) in [4.78, 5) is 26.3. The molecule has 1 atom stereocenters. The van der Waals surface area contributed by atoms with Crippen LogP contribution >= 0.6 is 11.3 Å². The molecule has 2 rings (SSSR count). The zero-order valence-corrected chi connectivity index (χ0v) is 12.4. The second kappa shape index (κ2) is 6.26. The van der Waals surface area contributed by atoms with Gasteiger partial charge in [-0.25, -0.2) is 9.59 Å². The van der Waals surface area contributed by atoms with Gasteiger partial charge < -0.3 is 15.3 Å². The van der Waals surface area contributed by atoms with E-state index in [1.807, 2.05) is 17.5 Å². The lowest BCUT2D eigenvalue weighted by atomic mass is 9.89. The van der Waals surface area contributed by atoms with Crippen LogP contribution in [0.15, 0.2) is 17.5 Å². The molecule has 2 amide bonds. The second-order valence-electron chi connectivity index (χ2n) is 5.25. The maximum Gasteiger partial charge on any atom is 0.329 e. The summed E-state index contributed by atoms with van der Waals surface area (Å²) in [5.74, 6) is -0.925. The molecule has 0 aromatic carbocycles. The number of hydrogen-bond donors (Lipinski definition) is 2. The quantitative estimate of drug-likeness (QED) is 0.896. The number of rotatable bonds is 4. The summed E-state index contributed by atoms with van der Waals surface area (Å²) < 4.78 is 0. The number of carboxylic acids is 1. The lowest BCUT2D eigenvalue weighted by Gasteiger charge is -2.41. The number of urea groups is 1. The van der Waals surface area contributed by atoms with Crippen LogP contribution in [0.25, 0.3) is 0 Å². The lowest BCUT2D eigenvalue weighted by molar-refractivity contribution is -0.150. The highest BCUT2D eigenvalue weighted by Gasteiger charge is 2.43. The van der Waals surface area contributed by atoms with Crippen molar-refractivity contribution < 1.29 is 14.7 Å². The predicted octanol–water partition coefficient (Wildman–Crippen LogP) is 2.33. The molecular weight excluding hydrogens is 276 g/mol. The number of nitrogens with one attached hydrogen (secondary N) is 1. The van der Waals surface area contributed by atoms with Gasteiger partial charge in [-0.1, -0.05) is 6.07 Å². The van der Waals surface area contributed by atoms with Gasteiger partial charge in [0, 0.05) is 18.0 Å². The number of nitrogens with zero attached hydrogens (tertiary/aromatic N) is 1. The fraction of sp³-hybridized carbons (Fsp3) is 0.571. The maximum atomic E-state index is 12.2. The van der Waals surface area contributed by atoms with Crippen molar-refractivity contribution in [1.29, 1.82) is 0 Å². The first-order valence-electron chi connectivity index (χ1n) is 6.85. The number of likely N-dealkylation sites (tertiary alicyclic amines) is 1. The highest BCUT2D eigenvalue weighted by molar-refractivity contribution is 7.09. The van der Waals surface area contributed by atoms with Gasteiger partial charge in [0.1, 0.15) is 5.54 Å². The Bertz CT molecular complexity index is 475. The number of carbonyl (C=O) groups excluding carboxylic acids is 1. The third-order valence-electron chi connectivity index (χ3n) is 3.82. The highest BCUT2D eigenvalue weighted by Crippen LogP contribution is 2.28. The number of piperidine rings is 1. The Morgan fingerprint density at radius 1 is 1.50 bits per heavy atom. The molecule has 6 heteroatoms. The van der Waals surface area contributed by atoms with E-state index in [0.717, 1.165) is 19.3 Å². The normalized spacial score (nSPS) is 22.6. The van der Waals surface area contributed by atoms with E-state index in [1.165, 1.54) is 9.78 Å². The standard InChI is InChI=1S/C14H20N2O3S/c1-14(12(17)18)7-2-3-9-16(14)13(19)15-8-6-11-5-4-10-20-11/h4-5,10H,2-3,6-9H2,1H3,(H,15,19)(H,17,18). The number of amides is 2. The minimum absolute atomic E-state index is 0.272. The van der Waals surface area contributed by atoms with Crippen molar-refractivity contribution in [2.75, 3.05) is 13.1 Å². The van der Waals surface area contributed by atoms with Crippen molar-refractivity contribution in [3.05, 3.63) is 22.4 Å². The molecule has 1 aliphatic rings. The average Bonchev–Trinajstić information content (AvgIpc) is 2.92. The molecule has 110 valence electrons. The molecule has 0 radical (unpaired) electrons. The first-order chi connectivity index (χ1) is 9.54. The van der Waals surface area contributed by atoms with E-state index < -0.39 is 11.5 Å². The molecule has 0 aliphatic carbocycles. The molecule has 20 heavy (non-hydrogen) atoms. The van der Waals surface area contributed by atoms with Gasteiger partial charge in [0.05, 0.1) is 0 Å². The van der Waals surface area contributed by atoms with E-state index in [1.54, 1.807) is 18.3 Å². The van der Waals surface area contributed by atoms with Crippen LogP contribution in [0.2, 0.25) is 0 Å². The number of hydrogen-bond acceptors (Lipinski definition) is 3. The number of aliphatic carboxylic acids is 1. The molecule has 0 spiro atoms. The monoisotopic (exact) mass is 296 g/mol. The van der Waals surface area contributed by atoms with Gasteiger partial charge in [-0.2, -0.15) is 0 Å². The van der Waals surface area contributed by atoms with Crippen molar-refractivity contribution in [1.82, 2.24) is 10.2 Å². The molecule has 2 N–H and O–H groups in total. The van der Waals surface area contributed by atoms with Gasteiger partial charge in [0.25, 0.3) is 0 Å².